The molecule has 27 heavy (non-hydrogen) atoms. The molecule has 0 radical (unpaired) electrons. The molecule has 1 amide bonds. The summed E-state index contributed by atoms with van der Waals surface area (Å²) in [5.74, 6) is 0.338. The predicted molar refractivity (Wildman–Crippen MR) is 109 cm³/mol. The number of carbonyl (C=O) groups is 1. The van der Waals surface area contributed by atoms with Gasteiger partial charge >= 0.3 is 0 Å². The summed E-state index contributed by atoms with van der Waals surface area (Å²) in [4.78, 5) is 11.5. The highest BCUT2D eigenvalue weighted by atomic mass is 32.2. The summed E-state index contributed by atoms with van der Waals surface area (Å²) >= 11 is 0. The second-order valence-corrected chi connectivity index (χ2v) is 9.04. The van der Waals surface area contributed by atoms with Gasteiger partial charge in [0.05, 0.1) is 5.75 Å². The lowest BCUT2D eigenvalue weighted by Gasteiger charge is -2.18. The molecule has 0 saturated carbocycles. The van der Waals surface area contributed by atoms with Crippen molar-refractivity contribution < 1.29 is 13.2 Å². The SMILES string of the molecule is CCCS(=O)(=O)NCC(C)c1ccc(-c2ccc3c(c2)CCC(=O)N3)cc1. The van der Waals surface area contributed by atoms with Crippen LogP contribution in [0.1, 0.15) is 43.7 Å². The van der Waals surface area contributed by atoms with Gasteiger partial charge in [-0.05, 0) is 53.1 Å². The Morgan fingerprint density at radius 3 is 2.48 bits per heavy atom. The Balaban J connectivity index is 1.69. The summed E-state index contributed by atoms with van der Waals surface area (Å²) in [6.45, 7) is 4.28. The Kier molecular flexibility index (Phi) is 5.97. The molecule has 0 bridgehead atoms. The topological polar surface area (TPSA) is 75.3 Å². The normalized spacial score (nSPS) is 15.1. The molecule has 144 valence electrons. The third kappa shape index (κ3) is 4.96. The lowest BCUT2D eigenvalue weighted by molar-refractivity contribution is -0.116. The summed E-state index contributed by atoms with van der Waals surface area (Å²) in [6.07, 6.45) is 1.91. The molecule has 2 aromatic carbocycles. The number of benzene rings is 2. The predicted octanol–water partition coefficient (Wildman–Crippen LogP) is 3.67. The molecular weight excluding hydrogens is 360 g/mol. The minimum absolute atomic E-state index is 0.0724. The molecule has 1 atom stereocenters. The van der Waals surface area contributed by atoms with Gasteiger partial charge in [-0.2, -0.15) is 0 Å². The van der Waals surface area contributed by atoms with Crippen LogP contribution in [0.5, 0.6) is 0 Å². The third-order valence-corrected chi connectivity index (χ3v) is 6.45. The van der Waals surface area contributed by atoms with Crippen molar-refractivity contribution in [2.24, 2.45) is 0 Å². The van der Waals surface area contributed by atoms with Crippen LogP contribution in [0.3, 0.4) is 0 Å². The number of hydrogen-bond donors (Lipinski definition) is 2. The van der Waals surface area contributed by atoms with Gasteiger partial charge in [-0.15, -0.1) is 0 Å². The minimum Gasteiger partial charge on any atom is -0.326 e. The van der Waals surface area contributed by atoms with Gasteiger partial charge in [0.1, 0.15) is 0 Å². The number of rotatable bonds is 7. The molecule has 2 N–H and O–H groups in total. The first-order chi connectivity index (χ1) is 12.9. The Labute approximate surface area is 161 Å². The van der Waals surface area contributed by atoms with Gasteiger partial charge in [0.25, 0.3) is 0 Å². The lowest BCUT2D eigenvalue weighted by Crippen LogP contribution is -2.29. The zero-order chi connectivity index (χ0) is 19.4. The van der Waals surface area contributed by atoms with Crippen molar-refractivity contribution in [3.8, 4) is 11.1 Å². The molecule has 0 fully saturated rings. The van der Waals surface area contributed by atoms with Crippen molar-refractivity contribution in [1.29, 1.82) is 0 Å². The maximum absolute atomic E-state index is 11.8. The van der Waals surface area contributed by atoms with Crippen molar-refractivity contribution in [2.75, 3.05) is 17.6 Å². The van der Waals surface area contributed by atoms with Gasteiger partial charge in [-0.3, -0.25) is 4.79 Å². The van der Waals surface area contributed by atoms with E-state index in [1.165, 1.54) is 0 Å². The van der Waals surface area contributed by atoms with E-state index in [0.717, 1.165) is 34.4 Å². The van der Waals surface area contributed by atoms with E-state index in [1.54, 1.807) is 0 Å². The first-order valence-electron chi connectivity index (χ1n) is 9.38. The third-order valence-electron chi connectivity index (χ3n) is 4.90. The number of amides is 1. The van der Waals surface area contributed by atoms with Crippen molar-refractivity contribution >= 4 is 21.6 Å². The van der Waals surface area contributed by atoms with Crippen LogP contribution in [0, 0.1) is 0 Å². The molecule has 2 aromatic rings. The molecule has 0 spiro atoms. The number of nitrogens with one attached hydrogen (secondary N) is 2. The molecule has 0 saturated heterocycles. The highest BCUT2D eigenvalue weighted by molar-refractivity contribution is 7.89. The van der Waals surface area contributed by atoms with E-state index in [-0.39, 0.29) is 17.6 Å². The van der Waals surface area contributed by atoms with E-state index < -0.39 is 10.0 Å². The molecule has 1 aliphatic heterocycles. The van der Waals surface area contributed by atoms with Crippen LogP contribution < -0.4 is 10.0 Å². The molecule has 1 unspecified atom stereocenters. The highest BCUT2D eigenvalue weighted by Crippen LogP contribution is 2.29. The average molecular weight is 387 g/mol. The molecule has 6 heteroatoms. The zero-order valence-corrected chi connectivity index (χ0v) is 16.6. The molecular formula is C21H26N2O3S. The zero-order valence-electron chi connectivity index (χ0n) is 15.8. The fourth-order valence-corrected chi connectivity index (χ4v) is 4.46. The molecule has 5 nitrogen and oxygen atoms in total. The van der Waals surface area contributed by atoms with Crippen molar-refractivity contribution in [1.82, 2.24) is 4.72 Å². The van der Waals surface area contributed by atoms with Gasteiger partial charge in [0.2, 0.25) is 15.9 Å². The number of anilines is 1. The maximum Gasteiger partial charge on any atom is 0.224 e. The van der Waals surface area contributed by atoms with E-state index in [0.29, 0.717) is 19.4 Å². The monoisotopic (exact) mass is 386 g/mol. The van der Waals surface area contributed by atoms with Crippen LogP contribution in [0.4, 0.5) is 5.69 Å². The van der Waals surface area contributed by atoms with Crippen molar-refractivity contribution in [3.05, 3.63) is 53.6 Å². The summed E-state index contributed by atoms with van der Waals surface area (Å²) in [5, 5.41) is 2.90. The van der Waals surface area contributed by atoms with Crippen LogP contribution in [0.2, 0.25) is 0 Å². The summed E-state index contributed by atoms with van der Waals surface area (Å²) in [5.41, 5.74) is 5.39. The van der Waals surface area contributed by atoms with E-state index in [1.807, 2.05) is 26.0 Å². The van der Waals surface area contributed by atoms with Gasteiger partial charge in [-0.25, -0.2) is 13.1 Å². The standard InChI is InChI=1S/C21H26N2O3S/c1-3-12-27(25,26)22-14-15(2)16-4-6-17(7-5-16)18-8-10-20-19(13-18)9-11-21(24)23-20/h4-8,10,13,15,22H,3,9,11-12,14H2,1-2H3,(H,23,24). The Morgan fingerprint density at radius 1 is 1.07 bits per heavy atom. The number of carbonyl (C=O) groups excluding carboxylic acids is 1. The number of fused-ring (bicyclic) bond motifs is 1. The van der Waals surface area contributed by atoms with Crippen LogP contribution in [0.25, 0.3) is 11.1 Å². The first-order valence-corrected chi connectivity index (χ1v) is 11.0. The summed E-state index contributed by atoms with van der Waals surface area (Å²) in [6, 6.07) is 14.3. The van der Waals surface area contributed by atoms with Crippen LogP contribution in [-0.2, 0) is 21.2 Å². The highest BCUT2D eigenvalue weighted by Gasteiger charge is 2.16. The van der Waals surface area contributed by atoms with Crippen LogP contribution in [-0.4, -0.2) is 26.6 Å². The quantitative estimate of drug-likeness (QED) is 0.762. The van der Waals surface area contributed by atoms with E-state index in [4.69, 9.17) is 0 Å². The van der Waals surface area contributed by atoms with Crippen molar-refractivity contribution in [3.63, 3.8) is 0 Å². The van der Waals surface area contributed by atoms with Gasteiger partial charge < -0.3 is 5.32 Å². The summed E-state index contributed by atoms with van der Waals surface area (Å²) in [7, 11) is -3.18. The Morgan fingerprint density at radius 2 is 1.78 bits per heavy atom. The molecule has 0 aromatic heterocycles. The largest absolute Gasteiger partial charge is 0.326 e. The number of hydrogen-bond acceptors (Lipinski definition) is 3. The van der Waals surface area contributed by atoms with Gasteiger partial charge in [0, 0.05) is 18.7 Å². The second kappa shape index (κ2) is 8.23. The fraction of sp³-hybridized carbons (Fsp3) is 0.381. The summed E-state index contributed by atoms with van der Waals surface area (Å²) < 4.78 is 26.3. The van der Waals surface area contributed by atoms with E-state index in [2.05, 4.69) is 40.4 Å². The second-order valence-electron chi connectivity index (χ2n) is 7.11. The fourth-order valence-electron chi connectivity index (χ4n) is 3.28. The number of sulfonamides is 1. The van der Waals surface area contributed by atoms with E-state index >= 15 is 0 Å². The minimum atomic E-state index is -3.18. The van der Waals surface area contributed by atoms with Crippen molar-refractivity contribution in [2.45, 2.75) is 39.0 Å². The molecule has 0 aliphatic carbocycles. The number of aryl methyl sites for hydroxylation is 1. The Bertz CT molecular complexity index is 921. The first kappa shape index (κ1) is 19.6. The molecule has 3 rings (SSSR count). The van der Waals surface area contributed by atoms with Gasteiger partial charge in [-0.1, -0.05) is 44.2 Å². The molecule has 1 heterocycles. The Hall–Kier alpha value is -2.18. The van der Waals surface area contributed by atoms with E-state index in [9.17, 15) is 13.2 Å². The van der Waals surface area contributed by atoms with Crippen LogP contribution in [0.15, 0.2) is 42.5 Å². The average Bonchev–Trinajstić information content (AvgIpc) is 2.66. The molecule has 1 aliphatic rings. The van der Waals surface area contributed by atoms with Gasteiger partial charge in [0.15, 0.2) is 0 Å². The maximum atomic E-state index is 11.8. The lowest BCUT2D eigenvalue weighted by atomic mass is 9.94. The smallest absolute Gasteiger partial charge is 0.224 e. The van der Waals surface area contributed by atoms with Crippen LogP contribution >= 0.6 is 0 Å².